The summed E-state index contributed by atoms with van der Waals surface area (Å²) in [4.78, 5) is 25.6. The van der Waals surface area contributed by atoms with Crippen molar-refractivity contribution in [3.05, 3.63) is 63.4 Å². The van der Waals surface area contributed by atoms with Crippen LogP contribution in [0.5, 0.6) is 11.6 Å². The molecule has 1 fully saturated rings. The van der Waals surface area contributed by atoms with Crippen molar-refractivity contribution >= 4 is 11.7 Å². The van der Waals surface area contributed by atoms with Crippen LogP contribution >= 0.6 is 0 Å². The van der Waals surface area contributed by atoms with E-state index >= 15 is 0 Å². The average Bonchev–Trinajstić information content (AvgIpc) is 3.31. The molecule has 4 N–H and O–H groups in total. The maximum Gasteiger partial charge on any atom is 0.326 e. The zero-order valence-corrected chi connectivity index (χ0v) is 14.6. The summed E-state index contributed by atoms with van der Waals surface area (Å²) in [6, 6.07) is 8.93. The standard InChI is InChI=1S/C19H16N6O3/c26-13-5-1-10(2-6-13)14-8-16(21-12-3-4-12)25-17(22-14)11(9-20-25)7-15-18(27)24-19(28)23-15/h1-2,5-9,12,26-27H,3-4H2,(H2,23,24,28). The minimum absolute atomic E-state index is 0.179. The molecule has 0 aliphatic heterocycles. The van der Waals surface area contributed by atoms with E-state index < -0.39 is 5.69 Å². The Hall–Kier alpha value is -3.88. The lowest BCUT2D eigenvalue weighted by molar-refractivity contribution is 0.454. The number of hydrogen-bond acceptors (Lipinski definition) is 6. The van der Waals surface area contributed by atoms with Gasteiger partial charge in [0.15, 0.2) is 11.1 Å². The number of imidazole rings is 1. The predicted octanol–water partition coefficient (Wildman–Crippen LogP) is 0.435. The first-order chi connectivity index (χ1) is 13.6. The van der Waals surface area contributed by atoms with Crippen LogP contribution in [0.1, 0.15) is 18.5 Å². The number of fused-ring (bicyclic) bond motifs is 1. The summed E-state index contributed by atoms with van der Waals surface area (Å²) in [5.41, 5.74) is 2.50. The minimum Gasteiger partial charge on any atom is -0.508 e. The largest absolute Gasteiger partial charge is 0.508 e. The quantitative estimate of drug-likeness (QED) is 0.412. The number of hydrogen-bond donors (Lipinski definition) is 4. The second kappa shape index (κ2) is 6.08. The molecule has 4 aromatic rings. The van der Waals surface area contributed by atoms with E-state index in [1.807, 2.05) is 6.07 Å². The summed E-state index contributed by atoms with van der Waals surface area (Å²) in [6.45, 7) is 0. The highest BCUT2D eigenvalue weighted by Gasteiger charge is 2.20. The average molecular weight is 376 g/mol. The Morgan fingerprint density at radius 3 is 2.64 bits per heavy atom. The van der Waals surface area contributed by atoms with Crippen molar-refractivity contribution in [2.45, 2.75) is 18.9 Å². The van der Waals surface area contributed by atoms with E-state index in [1.165, 1.54) is 0 Å². The Morgan fingerprint density at radius 1 is 1.18 bits per heavy atom. The molecule has 0 atom stereocenters. The van der Waals surface area contributed by atoms with Gasteiger partial charge in [-0.05, 0) is 43.2 Å². The Morgan fingerprint density at radius 2 is 1.96 bits per heavy atom. The number of nitrogens with one attached hydrogen (secondary N) is 2. The number of benzene rings is 1. The number of aromatic amines is 2. The van der Waals surface area contributed by atoms with Gasteiger partial charge in [0.1, 0.15) is 11.4 Å². The molecule has 28 heavy (non-hydrogen) atoms. The first-order valence-electron chi connectivity index (χ1n) is 8.82. The van der Waals surface area contributed by atoms with Gasteiger partial charge in [0.05, 0.1) is 17.9 Å². The summed E-state index contributed by atoms with van der Waals surface area (Å²) in [5, 5.41) is 24.4. The number of phenols is 1. The van der Waals surface area contributed by atoms with E-state index in [0.717, 1.165) is 18.4 Å². The molecule has 0 radical (unpaired) electrons. The summed E-state index contributed by atoms with van der Waals surface area (Å²) in [6.07, 6.45) is 5.32. The monoisotopic (exact) mass is 376 g/mol. The van der Waals surface area contributed by atoms with Crippen molar-refractivity contribution < 1.29 is 10.2 Å². The van der Waals surface area contributed by atoms with Gasteiger partial charge in [-0.15, -0.1) is 0 Å². The first kappa shape index (κ1) is 16.3. The van der Waals surface area contributed by atoms with Gasteiger partial charge in [0.2, 0.25) is 5.88 Å². The summed E-state index contributed by atoms with van der Waals surface area (Å²) >= 11 is 0. The van der Waals surface area contributed by atoms with Gasteiger partial charge in [-0.25, -0.2) is 9.78 Å². The van der Waals surface area contributed by atoms with Gasteiger partial charge >= 0.3 is 5.69 Å². The Bertz CT molecular complexity index is 1360. The second-order valence-corrected chi connectivity index (χ2v) is 6.73. The van der Waals surface area contributed by atoms with Crippen LogP contribution < -0.4 is 16.4 Å². The Balaban J connectivity index is 1.77. The molecule has 0 bridgehead atoms. The molecule has 1 saturated carbocycles. The molecule has 5 rings (SSSR count). The predicted molar refractivity (Wildman–Crippen MR) is 101 cm³/mol. The smallest absolute Gasteiger partial charge is 0.326 e. The first-order valence-corrected chi connectivity index (χ1v) is 8.82. The highest BCUT2D eigenvalue weighted by molar-refractivity contribution is 5.64. The van der Waals surface area contributed by atoms with Crippen LogP contribution in [0.15, 0.2) is 46.3 Å². The maximum absolute atomic E-state index is 11.4. The third kappa shape index (κ3) is 2.92. The number of nitrogens with zero attached hydrogens (tertiary/aromatic N) is 4. The van der Waals surface area contributed by atoms with Crippen molar-refractivity contribution in [2.24, 2.45) is 4.99 Å². The van der Waals surface area contributed by atoms with Crippen LogP contribution in [0, 0.1) is 0 Å². The molecule has 0 spiro atoms. The normalized spacial score (nSPS) is 15.6. The molecule has 3 heterocycles. The fourth-order valence-corrected chi connectivity index (χ4v) is 2.98. The summed E-state index contributed by atoms with van der Waals surface area (Å²) < 4.78 is 1.65. The van der Waals surface area contributed by atoms with Crippen molar-refractivity contribution in [2.75, 3.05) is 0 Å². The summed E-state index contributed by atoms with van der Waals surface area (Å²) in [5.74, 6) is -0.0695. The maximum atomic E-state index is 11.4. The number of H-pyrrole nitrogens is 2. The zero-order chi connectivity index (χ0) is 19.3. The van der Waals surface area contributed by atoms with Gasteiger partial charge in [-0.2, -0.15) is 9.61 Å². The van der Waals surface area contributed by atoms with Crippen molar-refractivity contribution in [1.29, 1.82) is 0 Å². The lowest BCUT2D eigenvalue weighted by atomic mass is 10.1. The number of phenolic OH excluding ortho intramolecular Hbond substituents is 1. The minimum atomic E-state index is -0.498. The highest BCUT2D eigenvalue weighted by Crippen LogP contribution is 2.23. The molecule has 0 amide bonds. The number of aromatic nitrogens is 5. The highest BCUT2D eigenvalue weighted by atomic mass is 16.3. The fraction of sp³-hybridized carbons (Fsp3) is 0.158. The van der Waals surface area contributed by atoms with E-state index in [2.05, 4.69) is 15.1 Å². The summed E-state index contributed by atoms with van der Waals surface area (Å²) in [7, 11) is 0. The van der Waals surface area contributed by atoms with E-state index in [1.54, 1.807) is 41.1 Å². The number of aromatic hydroxyl groups is 2. The van der Waals surface area contributed by atoms with E-state index in [9.17, 15) is 15.0 Å². The Labute approximate surface area is 157 Å². The van der Waals surface area contributed by atoms with Crippen molar-refractivity contribution in [3.8, 4) is 22.9 Å². The molecule has 140 valence electrons. The molecule has 1 aliphatic carbocycles. The van der Waals surface area contributed by atoms with E-state index in [4.69, 9.17) is 9.98 Å². The van der Waals surface area contributed by atoms with Gasteiger partial charge in [-0.3, -0.25) is 9.98 Å². The van der Waals surface area contributed by atoms with Crippen LogP contribution in [-0.4, -0.2) is 40.8 Å². The van der Waals surface area contributed by atoms with Crippen LogP contribution in [0.3, 0.4) is 0 Å². The number of rotatable bonds is 3. The molecular formula is C19H16N6O3. The molecular weight excluding hydrogens is 360 g/mol. The third-order valence-corrected chi connectivity index (χ3v) is 4.54. The molecule has 9 heteroatoms. The molecule has 9 nitrogen and oxygen atoms in total. The van der Waals surface area contributed by atoms with Crippen molar-refractivity contribution in [3.63, 3.8) is 0 Å². The van der Waals surface area contributed by atoms with Crippen molar-refractivity contribution in [1.82, 2.24) is 24.6 Å². The second-order valence-electron chi connectivity index (χ2n) is 6.73. The molecule has 0 unspecified atom stereocenters. The van der Waals surface area contributed by atoms with Gasteiger partial charge in [0.25, 0.3) is 0 Å². The molecule has 1 aliphatic rings. The van der Waals surface area contributed by atoms with Gasteiger partial charge < -0.3 is 15.2 Å². The molecule has 1 aromatic carbocycles. The van der Waals surface area contributed by atoms with Crippen LogP contribution in [0.4, 0.5) is 0 Å². The SMILES string of the molecule is O=c1[nH]c(O)c(C=c2cnn3c(=NC4CC4)cc(-c4ccc(O)cc4)nc23)[nH]1. The van der Waals surface area contributed by atoms with E-state index in [0.29, 0.717) is 28.1 Å². The van der Waals surface area contributed by atoms with E-state index in [-0.39, 0.29) is 17.3 Å². The van der Waals surface area contributed by atoms with Crippen LogP contribution in [0.25, 0.3) is 23.0 Å². The van der Waals surface area contributed by atoms with Gasteiger partial charge in [-0.1, -0.05) is 0 Å². The topological polar surface area (TPSA) is 132 Å². The lowest BCUT2D eigenvalue weighted by Crippen LogP contribution is -2.19. The molecule has 3 aromatic heterocycles. The van der Waals surface area contributed by atoms with Gasteiger partial charge in [0, 0.05) is 16.8 Å². The Kier molecular flexibility index (Phi) is 3.54. The third-order valence-electron chi connectivity index (χ3n) is 4.54. The zero-order valence-electron chi connectivity index (χ0n) is 14.6. The molecule has 0 saturated heterocycles. The lowest BCUT2D eigenvalue weighted by Gasteiger charge is -2.03. The van der Waals surface area contributed by atoms with Crippen LogP contribution in [-0.2, 0) is 0 Å². The van der Waals surface area contributed by atoms with Crippen LogP contribution in [0.2, 0.25) is 0 Å². The fourth-order valence-electron chi connectivity index (χ4n) is 2.98.